The molecule has 3 nitrogen and oxygen atoms in total. The van der Waals surface area contributed by atoms with Crippen LogP contribution in [0, 0.1) is 0 Å². The summed E-state index contributed by atoms with van der Waals surface area (Å²) in [6.07, 6.45) is 6.81. The van der Waals surface area contributed by atoms with Crippen molar-refractivity contribution in [1.29, 1.82) is 0 Å². The van der Waals surface area contributed by atoms with E-state index in [1.807, 2.05) is 24.3 Å². The molecule has 2 aliphatic carbocycles. The highest BCUT2D eigenvalue weighted by Gasteiger charge is 2.51. The third-order valence-electron chi connectivity index (χ3n) is 12.3. The zero-order chi connectivity index (χ0) is 36.8. The number of allylic oxidation sites excluding steroid dienone is 4. The van der Waals surface area contributed by atoms with Crippen LogP contribution >= 0.6 is 0 Å². The van der Waals surface area contributed by atoms with Gasteiger partial charge in [-0.05, 0) is 93.8 Å². The first kappa shape index (κ1) is 31.3. The minimum atomic E-state index is -0.411. The molecule has 1 spiro atoms. The van der Waals surface area contributed by atoms with E-state index in [0.29, 0.717) is 0 Å². The van der Waals surface area contributed by atoms with Crippen LogP contribution in [0.5, 0.6) is 0 Å². The number of nitrogens with zero attached hydrogens (tertiary/aromatic N) is 3. The van der Waals surface area contributed by atoms with Gasteiger partial charge >= 0.3 is 0 Å². The number of para-hydroxylation sites is 2. The minimum Gasteiger partial charge on any atom is -0.309 e. The molecular weight excluding hydrogens is 679 g/mol. The highest BCUT2D eigenvalue weighted by atomic mass is 15.0. The fourth-order valence-corrected chi connectivity index (χ4v) is 9.99. The van der Waals surface area contributed by atoms with E-state index < -0.39 is 5.41 Å². The smallest absolute Gasteiger partial charge is 0.160 e. The van der Waals surface area contributed by atoms with Crippen molar-refractivity contribution in [3.05, 3.63) is 216 Å². The molecule has 262 valence electrons. The molecule has 0 amide bonds. The third-order valence-corrected chi connectivity index (χ3v) is 12.3. The van der Waals surface area contributed by atoms with Crippen molar-refractivity contribution in [3.8, 4) is 50.7 Å². The second kappa shape index (κ2) is 11.9. The van der Waals surface area contributed by atoms with Crippen molar-refractivity contribution < 1.29 is 0 Å². The Bertz CT molecular complexity index is 3070. The lowest BCUT2D eigenvalue weighted by atomic mass is 9.63. The molecule has 0 saturated heterocycles. The molecular formula is C53H35N3. The summed E-state index contributed by atoms with van der Waals surface area (Å²) in [6.45, 7) is 0. The van der Waals surface area contributed by atoms with Gasteiger partial charge in [-0.3, -0.25) is 0 Å². The number of aromatic nitrogens is 3. The molecule has 1 aliphatic heterocycles. The Morgan fingerprint density at radius 2 is 1.16 bits per heavy atom. The summed E-state index contributed by atoms with van der Waals surface area (Å²) in [5.41, 5.74) is 19.1. The topological polar surface area (TPSA) is 30.7 Å². The van der Waals surface area contributed by atoms with Gasteiger partial charge in [-0.25, -0.2) is 9.97 Å². The summed E-state index contributed by atoms with van der Waals surface area (Å²) >= 11 is 0. The zero-order valence-electron chi connectivity index (χ0n) is 30.7. The van der Waals surface area contributed by atoms with Crippen LogP contribution in [-0.4, -0.2) is 14.5 Å². The maximum atomic E-state index is 5.20. The van der Waals surface area contributed by atoms with E-state index in [-0.39, 0.29) is 0 Å². The van der Waals surface area contributed by atoms with Crippen molar-refractivity contribution in [2.45, 2.75) is 18.3 Å². The lowest BCUT2D eigenvalue weighted by molar-refractivity contribution is 0.685. The van der Waals surface area contributed by atoms with E-state index in [4.69, 9.17) is 9.97 Å². The Morgan fingerprint density at radius 3 is 2.02 bits per heavy atom. The quantitative estimate of drug-likeness (QED) is 0.182. The highest BCUT2D eigenvalue weighted by Crippen LogP contribution is 2.62. The van der Waals surface area contributed by atoms with E-state index in [9.17, 15) is 0 Å². The number of fused-ring (bicyclic) bond motifs is 11. The maximum absolute atomic E-state index is 5.20. The Balaban J connectivity index is 1.13. The van der Waals surface area contributed by atoms with Crippen LogP contribution in [-0.2, 0) is 5.41 Å². The van der Waals surface area contributed by atoms with Gasteiger partial charge in [0.1, 0.15) is 0 Å². The Labute approximate surface area is 325 Å². The molecule has 1 atom stereocenters. The minimum absolute atomic E-state index is 0.411. The maximum Gasteiger partial charge on any atom is 0.160 e. The van der Waals surface area contributed by atoms with Crippen molar-refractivity contribution >= 4 is 27.4 Å². The van der Waals surface area contributed by atoms with Crippen LogP contribution in [0.2, 0.25) is 0 Å². The number of benzene rings is 7. The van der Waals surface area contributed by atoms with Crippen molar-refractivity contribution in [2.75, 3.05) is 0 Å². The Hall–Kier alpha value is -7.10. The molecule has 12 rings (SSSR count). The van der Waals surface area contributed by atoms with Gasteiger partial charge < -0.3 is 4.57 Å². The lowest BCUT2D eigenvalue weighted by Crippen LogP contribution is -2.34. The van der Waals surface area contributed by atoms with E-state index in [0.717, 1.165) is 52.3 Å². The van der Waals surface area contributed by atoms with Crippen molar-refractivity contribution in [1.82, 2.24) is 14.5 Å². The normalized spacial score (nSPS) is 16.4. The van der Waals surface area contributed by atoms with Gasteiger partial charge in [0.15, 0.2) is 5.82 Å². The average molecular weight is 714 g/mol. The molecule has 3 heterocycles. The molecule has 0 fully saturated rings. The number of rotatable bonds is 4. The lowest BCUT2D eigenvalue weighted by Gasteiger charge is -2.41. The van der Waals surface area contributed by atoms with E-state index in [1.54, 1.807) is 0 Å². The average Bonchev–Trinajstić information content (AvgIpc) is 3.77. The van der Waals surface area contributed by atoms with E-state index in [1.165, 1.54) is 66.5 Å². The first-order valence-electron chi connectivity index (χ1n) is 19.6. The monoisotopic (exact) mass is 713 g/mol. The standard InChI is InChI=1S/C53H35N3/c1-3-16-34(17-4-1)47-33-48(55-52(54-47)35-18-5-2-6-19-35)37-21-15-20-36(30-37)38-31-42-41-24-9-13-28-49(41)56-50-29-14-12-27-45(50)53(46(32-38)51(42)56)43-25-10-7-22-39(43)40-23-8-11-26-44(40)53/h1-10,12-25,27-33H,11,26H2. The predicted octanol–water partition coefficient (Wildman–Crippen LogP) is 13.0. The molecule has 3 heteroatoms. The predicted molar refractivity (Wildman–Crippen MR) is 230 cm³/mol. The SMILES string of the molecule is C1=CC2=C(CC1)C1(c3ccccc32)c2ccccc2-n2c3ccccc3c3cc(-c4cccc(-c5cc(-c6ccccc6)nc(-c6ccccc6)n5)c4)cc1c32. The van der Waals surface area contributed by atoms with Gasteiger partial charge in [-0.2, -0.15) is 0 Å². The van der Waals surface area contributed by atoms with Crippen LogP contribution in [0.4, 0.5) is 0 Å². The summed E-state index contributed by atoms with van der Waals surface area (Å²) in [5.74, 6) is 0.720. The van der Waals surface area contributed by atoms with Gasteiger partial charge in [0.25, 0.3) is 0 Å². The third kappa shape index (κ3) is 4.34. The first-order chi connectivity index (χ1) is 27.8. The molecule has 0 bridgehead atoms. The van der Waals surface area contributed by atoms with Crippen molar-refractivity contribution in [3.63, 3.8) is 0 Å². The van der Waals surface area contributed by atoms with Gasteiger partial charge in [0, 0.05) is 27.5 Å². The van der Waals surface area contributed by atoms with Crippen LogP contribution < -0.4 is 0 Å². The fourth-order valence-electron chi connectivity index (χ4n) is 9.99. The second-order valence-electron chi connectivity index (χ2n) is 15.2. The van der Waals surface area contributed by atoms with Gasteiger partial charge in [0.2, 0.25) is 0 Å². The molecule has 2 aromatic heterocycles. The number of hydrogen-bond acceptors (Lipinski definition) is 2. The van der Waals surface area contributed by atoms with E-state index >= 15 is 0 Å². The van der Waals surface area contributed by atoms with Crippen LogP contribution in [0.1, 0.15) is 35.1 Å². The Kier molecular flexibility index (Phi) is 6.67. The molecule has 56 heavy (non-hydrogen) atoms. The molecule has 9 aromatic rings. The first-order valence-corrected chi connectivity index (χ1v) is 19.6. The number of hydrogen-bond donors (Lipinski definition) is 0. The van der Waals surface area contributed by atoms with Gasteiger partial charge in [-0.1, -0.05) is 152 Å². The summed E-state index contributed by atoms with van der Waals surface area (Å²) < 4.78 is 2.54. The van der Waals surface area contributed by atoms with Crippen LogP contribution in [0.25, 0.3) is 78.1 Å². The fraction of sp³-hybridized carbons (Fsp3) is 0.0566. The second-order valence-corrected chi connectivity index (χ2v) is 15.2. The molecule has 0 N–H and O–H groups in total. The molecule has 3 aliphatic rings. The van der Waals surface area contributed by atoms with Crippen LogP contribution in [0.15, 0.2) is 194 Å². The van der Waals surface area contributed by atoms with Crippen molar-refractivity contribution in [2.24, 2.45) is 0 Å². The van der Waals surface area contributed by atoms with E-state index in [2.05, 4.69) is 168 Å². The Morgan fingerprint density at radius 1 is 0.482 bits per heavy atom. The molecule has 0 radical (unpaired) electrons. The molecule has 0 saturated carbocycles. The van der Waals surface area contributed by atoms with Gasteiger partial charge in [0.05, 0.1) is 33.5 Å². The summed E-state index contributed by atoms with van der Waals surface area (Å²) in [5, 5.41) is 2.55. The largest absolute Gasteiger partial charge is 0.309 e. The molecule has 7 aromatic carbocycles. The summed E-state index contributed by atoms with van der Waals surface area (Å²) in [4.78, 5) is 10.3. The molecule has 1 unspecified atom stereocenters. The van der Waals surface area contributed by atoms with Gasteiger partial charge in [-0.15, -0.1) is 0 Å². The van der Waals surface area contributed by atoms with Crippen LogP contribution in [0.3, 0.4) is 0 Å². The zero-order valence-corrected chi connectivity index (χ0v) is 30.7. The highest BCUT2D eigenvalue weighted by molar-refractivity contribution is 6.14. The summed E-state index contributed by atoms with van der Waals surface area (Å²) in [6, 6.07) is 64.0. The summed E-state index contributed by atoms with van der Waals surface area (Å²) in [7, 11) is 0.